The quantitative estimate of drug-likeness (QED) is 0.883. The van der Waals surface area contributed by atoms with Crippen LogP contribution < -0.4 is 5.32 Å². The average molecular weight is 295 g/mol. The minimum Gasteiger partial charge on any atom is -0.322 e. The van der Waals surface area contributed by atoms with Crippen molar-refractivity contribution in [3.8, 4) is 0 Å². The van der Waals surface area contributed by atoms with Gasteiger partial charge in [-0.15, -0.1) is 0 Å². The zero-order valence-electron chi connectivity index (χ0n) is 9.56. The Morgan fingerprint density at radius 1 is 1.21 bits per heavy atom. The Kier molecular flexibility index (Phi) is 4.14. The highest BCUT2D eigenvalue weighted by Crippen LogP contribution is 2.22. The van der Waals surface area contributed by atoms with Crippen LogP contribution in [-0.4, -0.2) is 16.1 Å². The molecule has 6 heteroatoms. The first-order valence-electron chi connectivity index (χ1n) is 5.28. The lowest BCUT2D eigenvalue weighted by Gasteiger charge is -2.07. The van der Waals surface area contributed by atoms with Crippen LogP contribution in [0.15, 0.2) is 42.7 Å². The fourth-order valence-electron chi connectivity index (χ4n) is 1.45. The maximum Gasteiger partial charge on any atom is 0.257 e. The number of anilines is 1. The van der Waals surface area contributed by atoms with Crippen molar-refractivity contribution in [3.63, 3.8) is 0 Å². The van der Waals surface area contributed by atoms with Gasteiger partial charge >= 0.3 is 0 Å². The van der Waals surface area contributed by atoms with E-state index in [1.54, 1.807) is 24.4 Å². The summed E-state index contributed by atoms with van der Waals surface area (Å²) in [5.74, 6) is -0.330. The summed E-state index contributed by atoms with van der Waals surface area (Å²) in [5, 5.41) is 2.19. The molecular weight excluding hydrogens is 287 g/mol. The van der Waals surface area contributed by atoms with E-state index < -0.39 is 5.24 Å². The predicted octanol–water partition coefficient (Wildman–Crippen LogP) is 3.37. The third-order valence-electron chi connectivity index (χ3n) is 2.36. The Balaban J connectivity index is 2.23. The van der Waals surface area contributed by atoms with E-state index >= 15 is 0 Å². The number of nitrogens with one attached hydrogen (secondary N) is 1. The van der Waals surface area contributed by atoms with Gasteiger partial charge in [0.15, 0.2) is 0 Å². The van der Waals surface area contributed by atoms with Crippen LogP contribution in [0.4, 0.5) is 5.69 Å². The minimum atomic E-state index is -0.678. The Morgan fingerprint density at radius 2 is 2.00 bits per heavy atom. The number of nitrogens with zero attached hydrogens (tertiary/aromatic N) is 1. The van der Waals surface area contributed by atoms with Gasteiger partial charge in [0, 0.05) is 18.1 Å². The molecule has 0 aliphatic rings. The molecule has 0 saturated carbocycles. The number of rotatable bonds is 3. The third-order valence-corrected chi connectivity index (χ3v) is 2.89. The van der Waals surface area contributed by atoms with Crippen molar-refractivity contribution in [2.24, 2.45) is 0 Å². The monoisotopic (exact) mass is 294 g/mol. The number of halogens is 2. The fraction of sp³-hybridized carbons (Fsp3) is 0. The van der Waals surface area contributed by atoms with Crippen LogP contribution in [0.3, 0.4) is 0 Å². The first-order valence-corrected chi connectivity index (χ1v) is 6.04. The molecule has 0 aliphatic carbocycles. The molecule has 96 valence electrons. The van der Waals surface area contributed by atoms with Gasteiger partial charge in [-0.3, -0.25) is 14.6 Å². The van der Waals surface area contributed by atoms with Gasteiger partial charge in [0.2, 0.25) is 0 Å². The van der Waals surface area contributed by atoms with Crippen LogP contribution in [0.25, 0.3) is 0 Å². The van der Waals surface area contributed by atoms with Crippen LogP contribution in [-0.2, 0) is 0 Å². The maximum absolute atomic E-state index is 11.9. The van der Waals surface area contributed by atoms with Crippen molar-refractivity contribution in [2.75, 3.05) is 5.32 Å². The van der Waals surface area contributed by atoms with Crippen molar-refractivity contribution >= 4 is 40.0 Å². The lowest BCUT2D eigenvalue weighted by Crippen LogP contribution is -2.12. The first-order chi connectivity index (χ1) is 9.08. The molecule has 1 N–H and O–H groups in total. The van der Waals surface area contributed by atoms with Gasteiger partial charge in [-0.2, -0.15) is 0 Å². The van der Waals surface area contributed by atoms with Crippen molar-refractivity contribution in [3.05, 3.63) is 58.9 Å². The molecule has 2 rings (SSSR count). The van der Waals surface area contributed by atoms with E-state index in [1.165, 1.54) is 18.3 Å². The fourth-order valence-corrected chi connectivity index (χ4v) is 1.86. The van der Waals surface area contributed by atoms with Crippen LogP contribution in [0.1, 0.15) is 20.7 Å². The molecule has 0 saturated heterocycles. The molecule has 2 aromatic rings. The zero-order chi connectivity index (χ0) is 13.8. The van der Waals surface area contributed by atoms with Gasteiger partial charge in [-0.25, -0.2) is 0 Å². The Morgan fingerprint density at radius 3 is 2.63 bits per heavy atom. The summed E-state index contributed by atoms with van der Waals surface area (Å²) in [4.78, 5) is 26.9. The van der Waals surface area contributed by atoms with Gasteiger partial charge < -0.3 is 5.32 Å². The molecule has 0 fully saturated rings. The van der Waals surface area contributed by atoms with E-state index in [0.29, 0.717) is 11.3 Å². The van der Waals surface area contributed by atoms with E-state index in [0.717, 1.165) is 0 Å². The second-order valence-corrected chi connectivity index (χ2v) is 4.41. The summed E-state index contributed by atoms with van der Waals surface area (Å²) >= 11 is 11.2. The third kappa shape index (κ3) is 3.30. The molecular formula is C13H8Cl2N2O2. The molecule has 4 nitrogen and oxygen atoms in total. The van der Waals surface area contributed by atoms with E-state index in [9.17, 15) is 9.59 Å². The number of carbonyl (C=O) groups excluding carboxylic acids is 2. The van der Waals surface area contributed by atoms with Gasteiger partial charge in [-0.05, 0) is 41.9 Å². The van der Waals surface area contributed by atoms with Gasteiger partial charge in [0.05, 0.1) is 16.1 Å². The molecule has 1 aromatic carbocycles. The van der Waals surface area contributed by atoms with Crippen LogP contribution >= 0.6 is 23.2 Å². The largest absolute Gasteiger partial charge is 0.322 e. The van der Waals surface area contributed by atoms with Crippen molar-refractivity contribution in [2.45, 2.75) is 0 Å². The van der Waals surface area contributed by atoms with Crippen molar-refractivity contribution < 1.29 is 9.59 Å². The number of hydrogen-bond donors (Lipinski definition) is 1. The highest BCUT2D eigenvalue weighted by molar-refractivity contribution is 6.68. The summed E-state index contributed by atoms with van der Waals surface area (Å²) in [6, 6.07) is 7.79. The molecule has 0 spiro atoms. The molecule has 1 aromatic heterocycles. The van der Waals surface area contributed by atoms with Crippen LogP contribution in [0.2, 0.25) is 5.02 Å². The zero-order valence-corrected chi connectivity index (χ0v) is 11.1. The smallest absolute Gasteiger partial charge is 0.257 e. The second kappa shape index (κ2) is 5.82. The standard InChI is InChI=1S/C13H8Cl2N2O2/c14-11-4-3-9(6-10(11)12(15)18)17-13(19)8-2-1-5-16-7-8/h1-7H,(H,17,19). The number of carbonyl (C=O) groups is 2. The summed E-state index contributed by atoms with van der Waals surface area (Å²) in [6.45, 7) is 0. The lowest BCUT2D eigenvalue weighted by atomic mass is 10.2. The highest BCUT2D eigenvalue weighted by atomic mass is 35.5. The molecule has 0 radical (unpaired) electrons. The number of benzene rings is 1. The number of aromatic nitrogens is 1. The molecule has 0 aliphatic heterocycles. The van der Waals surface area contributed by atoms with E-state index in [-0.39, 0.29) is 16.5 Å². The maximum atomic E-state index is 11.9. The molecule has 19 heavy (non-hydrogen) atoms. The summed E-state index contributed by atoms with van der Waals surface area (Å²) in [5.41, 5.74) is 0.991. The molecule has 1 amide bonds. The van der Waals surface area contributed by atoms with Gasteiger partial charge in [0.25, 0.3) is 11.1 Å². The topological polar surface area (TPSA) is 59.1 Å². The average Bonchev–Trinajstić information content (AvgIpc) is 2.41. The van der Waals surface area contributed by atoms with Crippen molar-refractivity contribution in [1.29, 1.82) is 0 Å². The number of pyridine rings is 1. The van der Waals surface area contributed by atoms with E-state index in [1.807, 2.05) is 0 Å². The minimum absolute atomic E-state index is 0.146. The van der Waals surface area contributed by atoms with Gasteiger partial charge in [0.1, 0.15) is 0 Å². The molecule has 0 unspecified atom stereocenters. The summed E-state index contributed by atoms with van der Waals surface area (Å²) in [7, 11) is 0. The Hall–Kier alpha value is -1.91. The van der Waals surface area contributed by atoms with Crippen molar-refractivity contribution in [1.82, 2.24) is 4.98 Å². The summed E-state index contributed by atoms with van der Waals surface area (Å²) < 4.78 is 0. The Bertz CT molecular complexity index is 630. The summed E-state index contributed by atoms with van der Waals surface area (Å²) in [6.07, 6.45) is 3.02. The van der Waals surface area contributed by atoms with E-state index in [2.05, 4.69) is 10.3 Å². The molecule has 0 bridgehead atoms. The van der Waals surface area contributed by atoms with Gasteiger partial charge in [-0.1, -0.05) is 11.6 Å². The van der Waals surface area contributed by atoms with Crippen LogP contribution in [0, 0.1) is 0 Å². The number of hydrogen-bond acceptors (Lipinski definition) is 3. The first kappa shape index (κ1) is 13.5. The highest BCUT2D eigenvalue weighted by Gasteiger charge is 2.11. The predicted molar refractivity (Wildman–Crippen MR) is 73.8 cm³/mol. The Labute approximate surface area is 119 Å². The normalized spacial score (nSPS) is 10.0. The second-order valence-electron chi connectivity index (χ2n) is 3.66. The lowest BCUT2D eigenvalue weighted by molar-refractivity contribution is 0.102. The SMILES string of the molecule is O=C(Nc1ccc(Cl)c(C(=O)Cl)c1)c1cccnc1. The molecule has 0 atom stereocenters. The van der Waals surface area contributed by atoms with E-state index in [4.69, 9.17) is 23.2 Å². The molecule has 1 heterocycles. The van der Waals surface area contributed by atoms with Crippen LogP contribution in [0.5, 0.6) is 0 Å². The number of amides is 1.